The lowest BCUT2D eigenvalue weighted by Crippen LogP contribution is -2.45. The Balaban J connectivity index is 1.49. The molecule has 5 rings (SSSR count). The van der Waals surface area contributed by atoms with Gasteiger partial charge in [0.2, 0.25) is 0 Å². The largest absolute Gasteiger partial charge is 0.489 e. The summed E-state index contributed by atoms with van der Waals surface area (Å²) in [5, 5.41) is 4.54. The molecule has 0 radical (unpaired) electrons. The highest BCUT2D eigenvalue weighted by Crippen LogP contribution is 2.38. The molecule has 1 aliphatic rings. The van der Waals surface area contributed by atoms with Crippen molar-refractivity contribution in [2.24, 2.45) is 0 Å². The lowest BCUT2D eigenvalue weighted by atomic mass is 9.90. The fourth-order valence-corrected chi connectivity index (χ4v) is 4.99. The third-order valence-corrected chi connectivity index (χ3v) is 6.90. The number of anilines is 1. The van der Waals surface area contributed by atoms with Gasteiger partial charge in [0.25, 0.3) is 0 Å². The number of aromatic nitrogens is 3. The summed E-state index contributed by atoms with van der Waals surface area (Å²) < 4.78 is 22.5. The number of benzene rings is 2. The number of nitrogens with zero attached hydrogens (tertiary/aromatic N) is 4. The molecule has 4 aromatic rings. The first-order valence-corrected chi connectivity index (χ1v) is 12.1. The molecule has 3 heterocycles. The van der Waals surface area contributed by atoms with Gasteiger partial charge in [-0.05, 0) is 76.0 Å². The molecule has 0 saturated carbocycles. The van der Waals surface area contributed by atoms with Crippen LogP contribution < -0.4 is 10.5 Å². The van der Waals surface area contributed by atoms with Gasteiger partial charge in [0.15, 0.2) is 5.82 Å². The van der Waals surface area contributed by atoms with E-state index in [0.29, 0.717) is 35.2 Å². The molecule has 0 spiro atoms. The molecule has 2 N–H and O–H groups in total. The summed E-state index contributed by atoms with van der Waals surface area (Å²) >= 11 is 0. The fraction of sp³-hybridized carbons (Fsp3) is 0.357. The number of halogens is 1. The summed E-state index contributed by atoms with van der Waals surface area (Å²) in [4.78, 5) is 6.75. The smallest absolute Gasteiger partial charge is 0.151 e. The summed E-state index contributed by atoms with van der Waals surface area (Å²) in [5.41, 5.74) is 10.8. The minimum absolute atomic E-state index is 0.154. The van der Waals surface area contributed by atoms with Crippen molar-refractivity contribution in [1.82, 2.24) is 19.5 Å². The van der Waals surface area contributed by atoms with E-state index in [2.05, 4.69) is 41.8 Å². The van der Waals surface area contributed by atoms with E-state index in [-0.39, 0.29) is 11.4 Å². The average molecular weight is 474 g/mol. The van der Waals surface area contributed by atoms with Crippen LogP contribution in [0.1, 0.15) is 50.8 Å². The molecule has 1 aliphatic heterocycles. The van der Waals surface area contributed by atoms with Crippen molar-refractivity contribution in [2.75, 3.05) is 18.8 Å². The van der Waals surface area contributed by atoms with Crippen molar-refractivity contribution in [3.8, 4) is 16.9 Å². The van der Waals surface area contributed by atoms with Gasteiger partial charge in [-0.2, -0.15) is 5.10 Å². The third kappa shape index (κ3) is 4.86. The second kappa shape index (κ2) is 9.30. The molecule has 6 nitrogen and oxygen atoms in total. The Bertz CT molecular complexity index is 1320. The highest BCUT2D eigenvalue weighted by Gasteiger charge is 2.30. The number of nitrogen functional groups attached to an aromatic ring is 1. The molecule has 0 atom stereocenters. The van der Waals surface area contributed by atoms with Crippen molar-refractivity contribution in [1.29, 1.82) is 0 Å². The minimum atomic E-state index is -0.361. The highest BCUT2D eigenvalue weighted by molar-refractivity contribution is 5.88. The molecule has 0 aliphatic carbocycles. The Morgan fingerprint density at radius 3 is 2.51 bits per heavy atom. The maximum Gasteiger partial charge on any atom is 0.151 e. The van der Waals surface area contributed by atoms with Crippen LogP contribution in [-0.4, -0.2) is 38.1 Å². The molecule has 0 amide bonds. The van der Waals surface area contributed by atoms with Crippen molar-refractivity contribution in [3.63, 3.8) is 0 Å². The molecule has 182 valence electrons. The summed E-state index contributed by atoms with van der Waals surface area (Å²) in [6, 6.07) is 16.7. The Hall–Kier alpha value is -3.45. The lowest BCUT2D eigenvalue weighted by Gasteiger charge is -2.40. The van der Waals surface area contributed by atoms with E-state index in [1.807, 2.05) is 40.9 Å². The molecule has 2 aromatic carbocycles. The zero-order valence-corrected chi connectivity index (χ0v) is 20.5. The van der Waals surface area contributed by atoms with Crippen molar-refractivity contribution in [3.05, 3.63) is 78.0 Å². The van der Waals surface area contributed by atoms with E-state index in [1.165, 1.54) is 18.5 Å². The van der Waals surface area contributed by atoms with Crippen LogP contribution in [0.5, 0.6) is 5.75 Å². The number of nitrogens with two attached hydrogens (primary N) is 1. The summed E-state index contributed by atoms with van der Waals surface area (Å²) in [7, 11) is 0. The van der Waals surface area contributed by atoms with E-state index in [9.17, 15) is 4.39 Å². The van der Waals surface area contributed by atoms with Gasteiger partial charge in [-0.1, -0.05) is 30.3 Å². The Morgan fingerprint density at radius 2 is 1.80 bits per heavy atom. The van der Waals surface area contributed by atoms with Gasteiger partial charge in [0.1, 0.15) is 30.0 Å². The topological polar surface area (TPSA) is 68.7 Å². The van der Waals surface area contributed by atoms with E-state index in [0.717, 1.165) is 42.8 Å². The Labute approximate surface area is 205 Å². The Kier molecular flexibility index (Phi) is 6.19. The zero-order valence-electron chi connectivity index (χ0n) is 20.5. The van der Waals surface area contributed by atoms with Gasteiger partial charge in [-0.25, -0.2) is 13.9 Å². The van der Waals surface area contributed by atoms with Crippen molar-refractivity contribution < 1.29 is 9.13 Å². The van der Waals surface area contributed by atoms with E-state index >= 15 is 0 Å². The van der Waals surface area contributed by atoms with E-state index < -0.39 is 0 Å². The first-order valence-electron chi connectivity index (χ1n) is 12.1. The molecular formula is C28H32FN5O. The number of fused-ring (bicyclic) bond motifs is 1. The number of likely N-dealkylation sites (tertiary alicyclic amines) is 1. The maximum atomic E-state index is 14.7. The number of piperidine rings is 1. The predicted molar refractivity (Wildman–Crippen MR) is 137 cm³/mol. The lowest BCUT2D eigenvalue weighted by molar-refractivity contribution is 0.101. The Morgan fingerprint density at radius 1 is 1.06 bits per heavy atom. The van der Waals surface area contributed by atoms with Gasteiger partial charge < -0.3 is 10.5 Å². The van der Waals surface area contributed by atoms with Crippen molar-refractivity contribution in [2.45, 2.75) is 51.7 Å². The molecule has 0 bridgehead atoms. The number of hydrogen-bond donors (Lipinski definition) is 1. The van der Waals surface area contributed by atoms with Gasteiger partial charge >= 0.3 is 0 Å². The van der Waals surface area contributed by atoms with Gasteiger partial charge in [0, 0.05) is 28.8 Å². The predicted octanol–water partition coefficient (Wildman–Crippen LogP) is 5.67. The average Bonchev–Trinajstić information content (AvgIpc) is 3.24. The second-order valence-electron chi connectivity index (χ2n) is 10.3. The number of ether oxygens (including phenoxy) is 1. The zero-order chi connectivity index (χ0) is 24.6. The van der Waals surface area contributed by atoms with Crippen LogP contribution in [0.2, 0.25) is 0 Å². The first-order chi connectivity index (χ1) is 16.8. The van der Waals surface area contributed by atoms with Gasteiger partial charge in [0.05, 0.1) is 0 Å². The first kappa shape index (κ1) is 23.3. The van der Waals surface area contributed by atoms with E-state index in [1.54, 1.807) is 0 Å². The molecule has 0 unspecified atom stereocenters. The monoisotopic (exact) mass is 473 g/mol. The van der Waals surface area contributed by atoms with E-state index in [4.69, 9.17) is 10.5 Å². The van der Waals surface area contributed by atoms with Gasteiger partial charge in [-0.15, -0.1) is 0 Å². The maximum absolute atomic E-state index is 14.7. The standard InChI is InChI=1S/C28H32FN5O/c1-28(2,3)33-11-9-20(10-12-33)25-16-24(26-27(30)31-18-32-34(25)26)21-13-22(29)15-23(14-21)35-17-19-7-5-4-6-8-19/h4-8,13-16,18,20H,9-12,17H2,1-3H3,(H2,30,31,32). The van der Waals surface area contributed by atoms with Crippen LogP contribution in [0.3, 0.4) is 0 Å². The SMILES string of the molecule is CC(C)(C)N1CCC(c2cc(-c3cc(F)cc(OCc4ccccc4)c3)c3c(N)ncnn23)CC1. The molecule has 2 aromatic heterocycles. The second-order valence-corrected chi connectivity index (χ2v) is 10.3. The summed E-state index contributed by atoms with van der Waals surface area (Å²) in [6.07, 6.45) is 3.54. The van der Waals surface area contributed by atoms with Crippen molar-refractivity contribution >= 4 is 11.3 Å². The van der Waals surface area contributed by atoms with Crippen LogP contribution in [0, 0.1) is 5.82 Å². The number of hydrogen-bond acceptors (Lipinski definition) is 5. The quantitative estimate of drug-likeness (QED) is 0.404. The minimum Gasteiger partial charge on any atom is -0.489 e. The molecule has 35 heavy (non-hydrogen) atoms. The van der Waals surface area contributed by atoms with Gasteiger partial charge in [-0.3, -0.25) is 4.90 Å². The highest BCUT2D eigenvalue weighted by atomic mass is 19.1. The fourth-order valence-electron chi connectivity index (χ4n) is 4.99. The molecule has 7 heteroatoms. The summed E-state index contributed by atoms with van der Waals surface area (Å²) in [6.45, 7) is 9.18. The third-order valence-electron chi connectivity index (χ3n) is 6.90. The normalized spacial score (nSPS) is 15.5. The van der Waals surface area contributed by atoms with Crippen LogP contribution in [0.25, 0.3) is 16.6 Å². The molecule has 1 saturated heterocycles. The number of rotatable bonds is 5. The summed E-state index contributed by atoms with van der Waals surface area (Å²) in [5.74, 6) is 0.829. The van der Waals surface area contributed by atoms with Crippen LogP contribution >= 0.6 is 0 Å². The molecule has 1 fully saturated rings. The van der Waals surface area contributed by atoms with Crippen LogP contribution in [0.15, 0.2) is 60.9 Å². The van der Waals surface area contributed by atoms with Crippen LogP contribution in [-0.2, 0) is 6.61 Å². The van der Waals surface area contributed by atoms with Crippen LogP contribution in [0.4, 0.5) is 10.2 Å². The molecular weight excluding hydrogens is 441 g/mol.